The summed E-state index contributed by atoms with van der Waals surface area (Å²) < 4.78 is 10.1. The Kier molecular flexibility index (Phi) is 4.49. The van der Waals surface area contributed by atoms with Crippen LogP contribution in [0.1, 0.15) is 37.1 Å². The molecule has 0 amide bonds. The zero-order chi connectivity index (χ0) is 13.8. The van der Waals surface area contributed by atoms with Crippen molar-refractivity contribution in [1.29, 1.82) is 0 Å². The number of carboxylic acids is 1. The van der Waals surface area contributed by atoms with Gasteiger partial charge in [-0.2, -0.15) is 0 Å². The normalized spacial score (nSPS) is 11.3. The summed E-state index contributed by atoms with van der Waals surface area (Å²) in [6, 6.07) is 2.92. The number of hydrogen-bond acceptors (Lipinski definition) is 5. The Hall–Kier alpha value is -1.82. The first-order valence-electron chi connectivity index (χ1n) is 5.52. The molecule has 0 aliphatic rings. The van der Waals surface area contributed by atoms with Crippen molar-refractivity contribution in [3.63, 3.8) is 0 Å². The quantitative estimate of drug-likeness (QED) is 0.773. The van der Waals surface area contributed by atoms with Crippen LogP contribution in [0, 0.1) is 0 Å². The van der Waals surface area contributed by atoms with E-state index in [9.17, 15) is 9.59 Å². The Morgan fingerprint density at radius 2 is 2.06 bits per heavy atom. The monoisotopic (exact) mass is 255 g/mol. The topological polar surface area (TPSA) is 88.8 Å². The van der Waals surface area contributed by atoms with Crippen molar-refractivity contribution in [3.8, 4) is 0 Å². The summed E-state index contributed by atoms with van der Waals surface area (Å²) in [5, 5.41) is 11.5. The lowest BCUT2D eigenvalue weighted by Gasteiger charge is -2.19. The minimum Gasteiger partial charge on any atom is -0.475 e. The summed E-state index contributed by atoms with van der Waals surface area (Å²) in [6.07, 6.45) is 0. The predicted molar refractivity (Wildman–Crippen MR) is 63.2 cm³/mol. The maximum Gasteiger partial charge on any atom is 0.371 e. The molecule has 1 aromatic heterocycles. The first-order valence-corrected chi connectivity index (χ1v) is 5.52. The molecule has 0 aliphatic carbocycles. The van der Waals surface area contributed by atoms with Crippen LogP contribution in [-0.4, -0.2) is 29.2 Å². The van der Waals surface area contributed by atoms with Crippen LogP contribution in [0.5, 0.6) is 0 Å². The molecule has 1 rings (SSSR count). The molecule has 0 fully saturated rings. The first-order chi connectivity index (χ1) is 8.28. The Morgan fingerprint density at radius 1 is 1.39 bits per heavy atom. The summed E-state index contributed by atoms with van der Waals surface area (Å²) in [7, 11) is 0. The molecule has 1 heterocycles. The number of furan rings is 1. The molecule has 0 radical (unpaired) electrons. The van der Waals surface area contributed by atoms with Gasteiger partial charge in [0.05, 0.1) is 13.1 Å². The number of carbonyl (C=O) groups is 2. The summed E-state index contributed by atoms with van der Waals surface area (Å²) in [5.74, 6) is -1.15. The van der Waals surface area contributed by atoms with Crippen LogP contribution in [0.3, 0.4) is 0 Å². The van der Waals surface area contributed by atoms with E-state index in [1.807, 2.05) is 0 Å². The van der Waals surface area contributed by atoms with Crippen molar-refractivity contribution in [1.82, 2.24) is 5.32 Å². The number of esters is 1. The van der Waals surface area contributed by atoms with Crippen molar-refractivity contribution in [2.24, 2.45) is 0 Å². The van der Waals surface area contributed by atoms with Gasteiger partial charge < -0.3 is 14.3 Å². The van der Waals surface area contributed by atoms with Crippen LogP contribution in [-0.2, 0) is 16.1 Å². The highest BCUT2D eigenvalue weighted by atomic mass is 16.6. The van der Waals surface area contributed by atoms with Gasteiger partial charge in [0, 0.05) is 0 Å². The summed E-state index contributed by atoms with van der Waals surface area (Å²) in [4.78, 5) is 21.9. The molecule has 100 valence electrons. The molecule has 1 aromatic rings. The molecule has 0 bridgehead atoms. The van der Waals surface area contributed by atoms with Gasteiger partial charge in [0.1, 0.15) is 11.4 Å². The zero-order valence-corrected chi connectivity index (χ0v) is 10.6. The smallest absolute Gasteiger partial charge is 0.371 e. The van der Waals surface area contributed by atoms with E-state index in [2.05, 4.69) is 5.32 Å². The van der Waals surface area contributed by atoms with E-state index in [1.54, 1.807) is 26.8 Å². The minimum absolute atomic E-state index is 0.0420. The fourth-order valence-corrected chi connectivity index (χ4v) is 1.25. The molecule has 2 N–H and O–H groups in total. The largest absolute Gasteiger partial charge is 0.475 e. The average molecular weight is 255 g/mol. The van der Waals surface area contributed by atoms with E-state index in [4.69, 9.17) is 14.3 Å². The average Bonchev–Trinajstić information content (AvgIpc) is 2.63. The van der Waals surface area contributed by atoms with Gasteiger partial charge in [-0.3, -0.25) is 10.1 Å². The lowest BCUT2D eigenvalue weighted by molar-refractivity contribution is -0.153. The minimum atomic E-state index is -1.12. The third kappa shape index (κ3) is 5.01. The molecule has 0 saturated carbocycles. The lowest BCUT2D eigenvalue weighted by atomic mass is 10.2. The van der Waals surface area contributed by atoms with Crippen LogP contribution in [0.25, 0.3) is 0 Å². The molecule has 18 heavy (non-hydrogen) atoms. The molecule has 0 unspecified atom stereocenters. The maximum absolute atomic E-state index is 11.4. The van der Waals surface area contributed by atoms with Gasteiger partial charge in [0.2, 0.25) is 5.76 Å². The number of hydrogen-bond donors (Lipinski definition) is 2. The van der Waals surface area contributed by atoms with Crippen molar-refractivity contribution in [2.45, 2.75) is 32.9 Å². The van der Waals surface area contributed by atoms with Crippen LogP contribution in [0.2, 0.25) is 0 Å². The van der Waals surface area contributed by atoms with E-state index >= 15 is 0 Å². The number of aromatic carboxylic acids is 1. The Labute approximate surface area is 105 Å². The Morgan fingerprint density at radius 3 is 2.56 bits per heavy atom. The second-order valence-corrected chi connectivity index (χ2v) is 4.76. The Balaban J connectivity index is 2.33. The first kappa shape index (κ1) is 14.2. The number of rotatable bonds is 5. The maximum atomic E-state index is 11.4. The summed E-state index contributed by atoms with van der Waals surface area (Å²) >= 11 is 0. The standard InChI is InChI=1S/C12H17NO5/c1-12(2,3)18-10(14)7-13-6-8-4-5-9(17-8)11(15)16/h4-5,13H,6-7H2,1-3H3,(H,15,16). The molecule has 6 nitrogen and oxygen atoms in total. The fourth-order valence-electron chi connectivity index (χ4n) is 1.25. The zero-order valence-electron chi connectivity index (χ0n) is 10.6. The molecule has 0 aromatic carbocycles. The van der Waals surface area contributed by atoms with E-state index in [0.29, 0.717) is 5.76 Å². The number of nitrogens with one attached hydrogen (secondary N) is 1. The molecule has 6 heteroatoms. The van der Waals surface area contributed by atoms with Gasteiger partial charge in [0.15, 0.2) is 0 Å². The van der Waals surface area contributed by atoms with Crippen molar-refractivity contribution in [3.05, 3.63) is 23.7 Å². The predicted octanol–water partition coefficient (Wildman–Crippen LogP) is 1.41. The van der Waals surface area contributed by atoms with Gasteiger partial charge in [-0.25, -0.2) is 4.79 Å². The SMILES string of the molecule is CC(C)(C)OC(=O)CNCc1ccc(C(=O)O)o1. The second kappa shape index (κ2) is 5.68. The van der Waals surface area contributed by atoms with Crippen molar-refractivity contribution in [2.75, 3.05) is 6.54 Å². The van der Waals surface area contributed by atoms with E-state index < -0.39 is 11.6 Å². The number of ether oxygens (including phenoxy) is 1. The Bertz CT molecular complexity index is 430. The van der Waals surface area contributed by atoms with Crippen molar-refractivity contribution >= 4 is 11.9 Å². The van der Waals surface area contributed by atoms with Crippen LogP contribution < -0.4 is 5.32 Å². The third-order valence-corrected chi connectivity index (χ3v) is 1.86. The van der Waals surface area contributed by atoms with Crippen LogP contribution >= 0.6 is 0 Å². The van der Waals surface area contributed by atoms with Crippen LogP contribution in [0.15, 0.2) is 16.5 Å². The van der Waals surface area contributed by atoms with E-state index in [0.717, 1.165) is 0 Å². The summed E-state index contributed by atoms with van der Waals surface area (Å²) in [5.41, 5.74) is -0.514. The second-order valence-electron chi connectivity index (χ2n) is 4.76. The van der Waals surface area contributed by atoms with Gasteiger partial charge in [-0.15, -0.1) is 0 Å². The molecule has 0 saturated heterocycles. The highest BCUT2D eigenvalue weighted by Gasteiger charge is 2.16. The summed E-state index contributed by atoms with van der Waals surface area (Å²) in [6.45, 7) is 5.68. The van der Waals surface area contributed by atoms with Gasteiger partial charge >= 0.3 is 11.9 Å². The van der Waals surface area contributed by atoms with E-state index in [1.165, 1.54) is 6.07 Å². The molecular formula is C12H17NO5. The van der Waals surface area contributed by atoms with Gasteiger partial charge in [0.25, 0.3) is 0 Å². The third-order valence-electron chi connectivity index (χ3n) is 1.86. The highest BCUT2D eigenvalue weighted by Crippen LogP contribution is 2.08. The van der Waals surface area contributed by atoms with Crippen molar-refractivity contribution < 1.29 is 23.8 Å². The number of carbonyl (C=O) groups excluding carboxylic acids is 1. The molecule has 0 aliphatic heterocycles. The van der Waals surface area contributed by atoms with Gasteiger partial charge in [-0.05, 0) is 32.9 Å². The molecular weight excluding hydrogens is 238 g/mol. The fraction of sp³-hybridized carbons (Fsp3) is 0.500. The van der Waals surface area contributed by atoms with Gasteiger partial charge in [-0.1, -0.05) is 0 Å². The molecule has 0 spiro atoms. The number of carboxylic acid groups (broad SMARTS) is 1. The molecule has 0 atom stereocenters. The van der Waals surface area contributed by atoms with E-state index in [-0.39, 0.29) is 24.8 Å². The highest BCUT2D eigenvalue weighted by molar-refractivity contribution is 5.84. The van der Waals surface area contributed by atoms with Crippen LogP contribution in [0.4, 0.5) is 0 Å². The lowest BCUT2D eigenvalue weighted by Crippen LogP contribution is -2.31.